The molecule has 6 rings (SSSR count). The summed E-state index contributed by atoms with van der Waals surface area (Å²) in [5, 5.41) is 9.52. The summed E-state index contributed by atoms with van der Waals surface area (Å²) in [4.78, 5) is 34.5. The molecule has 2 aliphatic rings. The highest BCUT2D eigenvalue weighted by atomic mass is 79.9. The summed E-state index contributed by atoms with van der Waals surface area (Å²) in [5.41, 5.74) is 2.48. The van der Waals surface area contributed by atoms with Crippen LogP contribution in [0, 0.1) is 5.92 Å². The average molecular weight is 658 g/mol. The Hall–Kier alpha value is -3.21. The maximum Gasteiger partial charge on any atom is 0.239 e. The summed E-state index contributed by atoms with van der Waals surface area (Å²) in [6, 6.07) is 12.9. The first-order valence-corrected chi connectivity index (χ1v) is 15.0. The number of rotatable bonds is 6. The quantitative estimate of drug-likeness (QED) is 0.229. The second-order valence-electron chi connectivity index (χ2n) is 10.5. The Morgan fingerprint density at radius 2 is 1.98 bits per heavy atom. The van der Waals surface area contributed by atoms with Gasteiger partial charge in [0.15, 0.2) is 5.76 Å². The summed E-state index contributed by atoms with van der Waals surface area (Å²) in [6.07, 6.45) is 5.60. The molecule has 212 valence electrons. The lowest BCUT2D eigenvalue weighted by Crippen LogP contribution is -2.48. The fourth-order valence-electron chi connectivity index (χ4n) is 5.66. The summed E-state index contributed by atoms with van der Waals surface area (Å²) in [7, 11) is 0. The molecular weight excluding hydrogens is 631 g/mol. The molecular formula is C29H27BrCl2N6O3. The Balaban J connectivity index is 1.06. The highest BCUT2D eigenvalue weighted by Gasteiger charge is 2.42. The van der Waals surface area contributed by atoms with Gasteiger partial charge in [-0.25, -0.2) is 9.67 Å². The lowest BCUT2D eigenvalue weighted by Gasteiger charge is -2.38. The van der Waals surface area contributed by atoms with Gasteiger partial charge in [-0.05, 0) is 56.5 Å². The van der Waals surface area contributed by atoms with Crippen molar-refractivity contribution in [3.8, 4) is 11.3 Å². The Labute approximate surface area is 255 Å². The zero-order valence-corrected chi connectivity index (χ0v) is 25.3. The van der Waals surface area contributed by atoms with E-state index < -0.39 is 5.92 Å². The second kappa shape index (κ2) is 11.6. The molecule has 2 amide bonds. The molecule has 2 saturated heterocycles. The van der Waals surface area contributed by atoms with Gasteiger partial charge in [-0.1, -0.05) is 56.5 Å². The van der Waals surface area contributed by atoms with Crippen LogP contribution in [-0.2, 0) is 16.1 Å². The van der Waals surface area contributed by atoms with Gasteiger partial charge in [-0.15, -0.1) is 5.10 Å². The highest BCUT2D eigenvalue weighted by Crippen LogP contribution is 2.35. The van der Waals surface area contributed by atoms with Crippen LogP contribution < -0.4 is 4.90 Å². The lowest BCUT2D eigenvalue weighted by molar-refractivity contribution is -0.142. The molecule has 0 bridgehead atoms. The first-order valence-electron chi connectivity index (χ1n) is 13.4. The normalized spacial score (nSPS) is 21.1. The van der Waals surface area contributed by atoms with E-state index in [1.165, 1.54) is 0 Å². The van der Waals surface area contributed by atoms with Crippen molar-refractivity contribution in [1.82, 2.24) is 24.9 Å². The van der Waals surface area contributed by atoms with E-state index in [2.05, 4.69) is 31.2 Å². The number of hydrogen-bond acceptors (Lipinski definition) is 6. The monoisotopic (exact) mass is 656 g/mol. The van der Waals surface area contributed by atoms with Crippen LogP contribution in [0.1, 0.15) is 43.7 Å². The Bertz CT molecular complexity index is 1610. The van der Waals surface area contributed by atoms with Crippen molar-refractivity contribution >= 4 is 56.6 Å². The third-order valence-corrected chi connectivity index (χ3v) is 9.04. The van der Waals surface area contributed by atoms with E-state index in [1.807, 2.05) is 42.3 Å². The van der Waals surface area contributed by atoms with Crippen molar-refractivity contribution in [3.63, 3.8) is 0 Å². The highest BCUT2D eigenvalue weighted by molar-refractivity contribution is 9.10. The smallest absolute Gasteiger partial charge is 0.239 e. The Kier molecular flexibility index (Phi) is 7.89. The molecule has 0 N–H and O–H groups in total. The van der Waals surface area contributed by atoms with Crippen molar-refractivity contribution in [2.45, 2.75) is 44.7 Å². The molecule has 0 radical (unpaired) electrons. The number of amides is 2. The molecule has 4 heterocycles. The molecule has 2 aromatic heterocycles. The first-order chi connectivity index (χ1) is 19.8. The van der Waals surface area contributed by atoms with E-state index in [-0.39, 0.29) is 23.8 Å². The van der Waals surface area contributed by atoms with Crippen molar-refractivity contribution < 1.29 is 14.0 Å². The van der Waals surface area contributed by atoms with Crippen LogP contribution in [-0.4, -0.2) is 55.8 Å². The minimum Gasteiger partial charge on any atom is -0.439 e. The SMILES string of the molecule is CC1CC(c2cn(Cc3ncc(-c4cccc(Br)c4)o3)nn2)CCN1C(=O)C1CCN(c2ccc(Cl)c(Cl)c2)C1=O. The van der Waals surface area contributed by atoms with Crippen LogP contribution in [0.2, 0.25) is 10.0 Å². The largest absolute Gasteiger partial charge is 0.439 e. The topological polar surface area (TPSA) is 97.4 Å². The van der Waals surface area contributed by atoms with Gasteiger partial charge in [0.05, 0.1) is 21.9 Å². The number of carbonyl (C=O) groups is 2. The van der Waals surface area contributed by atoms with E-state index in [0.717, 1.165) is 28.6 Å². The van der Waals surface area contributed by atoms with Gasteiger partial charge in [-0.3, -0.25) is 9.59 Å². The molecule has 12 heteroatoms. The molecule has 4 aromatic rings. The van der Waals surface area contributed by atoms with Gasteiger partial charge in [0.1, 0.15) is 12.5 Å². The molecule has 9 nitrogen and oxygen atoms in total. The van der Waals surface area contributed by atoms with Gasteiger partial charge in [0.25, 0.3) is 0 Å². The number of aromatic nitrogens is 4. The molecule has 2 aromatic carbocycles. The van der Waals surface area contributed by atoms with E-state index in [4.69, 9.17) is 27.6 Å². The van der Waals surface area contributed by atoms with Crippen molar-refractivity contribution in [2.24, 2.45) is 5.92 Å². The molecule has 0 spiro atoms. The minimum atomic E-state index is -0.688. The zero-order valence-electron chi connectivity index (χ0n) is 22.2. The molecule has 3 unspecified atom stereocenters. The van der Waals surface area contributed by atoms with Gasteiger partial charge >= 0.3 is 0 Å². The fourth-order valence-corrected chi connectivity index (χ4v) is 6.35. The summed E-state index contributed by atoms with van der Waals surface area (Å²) in [6.45, 7) is 3.42. The number of hydrogen-bond donors (Lipinski definition) is 0. The predicted octanol–water partition coefficient (Wildman–Crippen LogP) is 6.20. The molecule has 2 aliphatic heterocycles. The number of anilines is 1. The van der Waals surface area contributed by atoms with Crippen LogP contribution in [0.3, 0.4) is 0 Å². The van der Waals surface area contributed by atoms with Crippen LogP contribution >= 0.6 is 39.1 Å². The Morgan fingerprint density at radius 3 is 2.76 bits per heavy atom. The number of oxazole rings is 1. The third-order valence-electron chi connectivity index (χ3n) is 7.81. The van der Waals surface area contributed by atoms with Crippen molar-refractivity contribution in [3.05, 3.63) is 81.0 Å². The molecule has 3 atom stereocenters. The maximum absolute atomic E-state index is 13.5. The van der Waals surface area contributed by atoms with Crippen molar-refractivity contribution in [1.29, 1.82) is 0 Å². The predicted molar refractivity (Wildman–Crippen MR) is 159 cm³/mol. The number of benzene rings is 2. The number of likely N-dealkylation sites (tertiary alicyclic amines) is 1. The average Bonchev–Trinajstić information content (AvgIpc) is 3.71. The van der Waals surface area contributed by atoms with Gasteiger partial charge in [0, 0.05) is 47.0 Å². The number of nitrogens with zero attached hydrogens (tertiary/aromatic N) is 6. The summed E-state index contributed by atoms with van der Waals surface area (Å²) >= 11 is 15.7. The van der Waals surface area contributed by atoms with Crippen LogP contribution in [0.15, 0.2) is 63.7 Å². The summed E-state index contributed by atoms with van der Waals surface area (Å²) in [5.74, 6) is 0.399. The second-order valence-corrected chi connectivity index (χ2v) is 12.2. The van der Waals surface area contributed by atoms with Crippen molar-refractivity contribution in [2.75, 3.05) is 18.0 Å². The standard InChI is InChI=1S/C29H27BrCl2N6O3/c1-17-11-18(25-15-36(35-34-25)16-27-33-14-26(41-27)19-3-2-4-20(30)12-19)7-9-37(17)28(39)22-8-10-38(29(22)40)21-5-6-23(31)24(32)13-21/h2-6,12-15,17-18,22H,7-11,16H2,1H3. The number of carbonyl (C=O) groups excluding carboxylic acids is 2. The lowest BCUT2D eigenvalue weighted by atomic mass is 9.88. The number of halogens is 3. The van der Waals surface area contributed by atoms with Gasteiger partial charge in [-0.2, -0.15) is 0 Å². The van der Waals surface area contributed by atoms with Crippen LogP contribution in [0.4, 0.5) is 5.69 Å². The molecule has 41 heavy (non-hydrogen) atoms. The Morgan fingerprint density at radius 1 is 1.12 bits per heavy atom. The molecule has 0 aliphatic carbocycles. The van der Waals surface area contributed by atoms with E-state index in [9.17, 15) is 9.59 Å². The van der Waals surface area contributed by atoms with E-state index in [1.54, 1.807) is 34.0 Å². The van der Waals surface area contributed by atoms with Crippen LogP contribution in [0.25, 0.3) is 11.3 Å². The zero-order chi connectivity index (χ0) is 28.7. The minimum absolute atomic E-state index is 0.0299. The first kappa shape index (κ1) is 27.9. The van der Waals surface area contributed by atoms with E-state index in [0.29, 0.717) is 53.4 Å². The maximum atomic E-state index is 13.5. The van der Waals surface area contributed by atoms with Gasteiger partial charge < -0.3 is 14.2 Å². The molecule has 0 saturated carbocycles. The number of piperidine rings is 1. The third kappa shape index (κ3) is 5.78. The van der Waals surface area contributed by atoms with Gasteiger partial charge in [0.2, 0.25) is 17.7 Å². The van der Waals surface area contributed by atoms with E-state index >= 15 is 0 Å². The fraction of sp³-hybridized carbons (Fsp3) is 0.345. The van der Waals surface area contributed by atoms with Crippen LogP contribution in [0.5, 0.6) is 0 Å². The summed E-state index contributed by atoms with van der Waals surface area (Å²) < 4.78 is 8.63. The molecule has 2 fully saturated rings.